The molecule has 0 fully saturated rings. The molecule has 2 rings (SSSR count). The van der Waals surface area contributed by atoms with E-state index in [9.17, 15) is 17.6 Å². The maximum Gasteiger partial charge on any atom is 0.240 e. The van der Waals surface area contributed by atoms with Gasteiger partial charge in [0, 0.05) is 31.0 Å². The Morgan fingerprint density at radius 3 is 2.48 bits per heavy atom. The van der Waals surface area contributed by atoms with Gasteiger partial charge in [-0.3, -0.25) is 4.79 Å². The molecule has 0 saturated carbocycles. The Morgan fingerprint density at radius 1 is 1.22 bits per heavy atom. The van der Waals surface area contributed by atoms with Crippen molar-refractivity contribution in [2.24, 2.45) is 0 Å². The number of rotatable bonds is 8. The molecule has 1 N–H and O–H groups in total. The fourth-order valence-corrected chi connectivity index (χ4v) is 3.65. The van der Waals surface area contributed by atoms with Crippen molar-refractivity contribution in [3.05, 3.63) is 58.3 Å². The van der Waals surface area contributed by atoms with Gasteiger partial charge in [0.05, 0.1) is 12.0 Å². The Kier molecular flexibility index (Phi) is 7.34. The topological polar surface area (TPSA) is 75.7 Å². The van der Waals surface area contributed by atoms with Gasteiger partial charge in [0.25, 0.3) is 0 Å². The highest BCUT2D eigenvalue weighted by atomic mass is 79.9. The number of carbonyl (C=O) groups excluding carboxylic acids is 1. The summed E-state index contributed by atoms with van der Waals surface area (Å²) in [5.41, 5.74) is 0.611. The van der Waals surface area contributed by atoms with Crippen LogP contribution in [0.2, 0.25) is 0 Å². The summed E-state index contributed by atoms with van der Waals surface area (Å²) in [6.07, 6.45) is -0.00903. The standard InChI is InChI=1S/C18H20BrFN2O4S/c1-22(12-13-3-8-17(26-2)16(20)11-13)18(23)9-10-21-27(24,25)15-6-4-14(19)5-7-15/h3-8,11,21H,9-10,12H2,1-2H3. The lowest BCUT2D eigenvalue weighted by Crippen LogP contribution is -2.32. The lowest BCUT2D eigenvalue weighted by atomic mass is 10.2. The van der Waals surface area contributed by atoms with Crippen molar-refractivity contribution < 1.29 is 22.3 Å². The molecule has 0 atom stereocenters. The highest BCUT2D eigenvalue weighted by Gasteiger charge is 2.16. The lowest BCUT2D eigenvalue weighted by Gasteiger charge is -2.18. The first-order valence-electron chi connectivity index (χ1n) is 8.04. The van der Waals surface area contributed by atoms with Crippen molar-refractivity contribution >= 4 is 31.9 Å². The molecule has 0 unspecified atom stereocenters. The van der Waals surface area contributed by atoms with Gasteiger partial charge in [0.1, 0.15) is 0 Å². The maximum absolute atomic E-state index is 13.7. The molecule has 0 radical (unpaired) electrons. The van der Waals surface area contributed by atoms with E-state index in [2.05, 4.69) is 20.7 Å². The Morgan fingerprint density at radius 2 is 1.89 bits per heavy atom. The zero-order valence-corrected chi connectivity index (χ0v) is 17.3. The molecule has 0 heterocycles. The van der Waals surface area contributed by atoms with Crippen molar-refractivity contribution in [1.29, 1.82) is 0 Å². The van der Waals surface area contributed by atoms with Crippen LogP contribution in [0.1, 0.15) is 12.0 Å². The molecule has 146 valence electrons. The largest absolute Gasteiger partial charge is 0.494 e. The molecule has 0 aromatic heterocycles. The van der Waals surface area contributed by atoms with Crippen molar-refractivity contribution in [3.63, 3.8) is 0 Å². The third-order valence-electron chi connectivity index (χ3n) is 3.82. The van der Waals surface area contributed by atoms with Crippen LogP contribution in [0.15, 0.2) is 51.8 Å². The molecule has 0 saturated heterocycles. The van der Waals surface area contributed by atoms with E-state index in [4.69, 9.17) is 4.74 Å². The molecule has 0 bridgehead atoms. The molecule has 2 aromatic carbocycles. The number of sulfonamides is 1. The molecule has 6 nitrogen and oxygen atoms in total. The second-order valence-corrected chi connectivity index (χ2v) is 8.50. The van der Waals surface area contributed by atoms with Crippen molar-refractivity contribution in [3.8, 4) is 5.75 Å². The molecule has 9 heteroatoms. The number of hydrogen-bond acceptors (Lipinski definition) is 4. The van der Waals surface area contributed by atoms with Crippen LogP contribution in [0.5, 0.6) is 5.75 Å². The fraction of sp³-hybridized carbons (Fsp3) is 0.278. The summed E-state index contributed by atoms with van der Waals surface area (Å²) >= 11 is 3.24. The minimum Gasteiger partial charge on any atom is -0.494 e. The molecule has 0 aliphatic rings. The van der Waals surface area contributed by atoms with E-state index in [-0.39, 0.29) is 36.1 Å². The summed E-state index contributed by atoms with van der Waals surface area (Å²) in [6, 6.07) is 10.7. The highest BCUT2D eigenvalue weighted by molar-refractivity contribution is 9.10. The second kappa shape index (κ2) is 9.29. The number of carbonyl (C=O) groups is 1. The Bertz CT molecular complexity index is 904. The van der Waals surface area contributed by atoms with E-state index in [1.54, 1.807) is 25.2 Å². The minimum absolute atomic E-state index is 0.00903. The van der Waals surface area contributed by atoms with E-state index in [0.29, 0.717) is 5.56 Å². The summed E-state index contributed by atoms with van der Waals surface area (Å²) in [6.45, 7) is 0.178. The number of benzene rings is 2. The van der Waals surface area contributed by atoms with E-state index in [1.807, 2.05) is 0 Å². The van der Waals surface area contributed by atoms with E-state index >= 15 is 0 Å². The van der Waals surface area contributed by atoms with Crippen LogP contribution in [-0.2, 0) is 21.4 Å². The average molecular weight is 459 g/mol. The van der Waals surface area contributed by atoms with Crippen LogP contribution in [0.4, 0.5) is 4.39 Å². The third kappa shape index (κ3) is 6.02. The normalized spacial score (nSPS) is 11.3. The van der Waals surface area contributed by atoms with E-state index < -0.39 is 15.8 Å². The van der Waals surface area contributed by atoms with Gasteiger partial charge in [-0.05, 0) is 42.0 Å². The number of methoxy groups -OCH3 is 1. The number of nitrogens with zero attached hydrogens (tertiary/aromatic N) is 1. The fourth-order valence-electron chi connectivity index (χ4n) is 2.35. The average Bonchev–Trinajstić information content (AvgIpc) is 2.62. The summed E-state index contributed by atoms with van der Waals surface area (Å²) in [4.78, 5) is 13.7. The monoisotopic (exact) mass is 458 g/mol. The molecule has 1 amide bonds. The zero-order valence-electron chi connectivity index (χ0n) is 14.9. The molecule has 0 aliphatic heterocycles. The summed E-state index contributed by atoms with van der Waals surface area (Å²) < 4.78 is 46.1. The van der Waals surface area contributed by atoms with Gasteiger partial charge >= 0.3 is 0 Å². The zero-order chi connectivity index (χ0) is 20.0. The van der Waals surface area contributed by atoms with Crippen LogP contribution < -0.4 is 9.46 Å². The number of ether oxygens (including phenoxy) is 1. The molecule has 0 aliphatic carbocycles. The minimum atomic E-state index is -3.68. The maximum atomic E-state index is 13.7. The predicted octanol–water partition coefficient (Wildman–Crippen LogP) is 2.92. The number of halogens is 2. The van der Waals surface area contributed by atoms with Crippen LogP contribution >= 0.6 is 15.9 Å². The van der Waals surface area contributed by atoms with E-state index in [1.165, 1.54) is 36.3 Å². The smallest absolute Gasteiger partial charge is 0.240 e. The van der Waals surface area contributed by atoms with Crippen LogP contribution in [0.3, 0.4) is 0 Å². The van der Waals surface area contributed by atoms with Gasteiger partial charge in [0.15, 0.2) is 11.6 Å². The first-order valence-corrected chi connectivity index (χ1v) is 10.3. The van der Waals surface area contributed by atoms with Gasteiger partial charge in [-0.2, -0.15) is 0 Å². The Hall–Kier alpha value is -1.97. The van der Waals surface area contributed by atoms with E-state index in [0.717, 1.165) is 4.47 Å². The molecule has 27 heavy (non-hydrogen) atoms. The number of hydrogen-bond donors (Lipinski definition) is 1. The van der Waals surface area contributed by atoms with Crippen molar-refractivity contribution in [2.45, 2.75) is 17.9 Å². The van der Waals surface area contributed by atoms with Crippen LogP contribution in [-0.4, -0.2) is 39.9 Å². The Labute approximate surface area is 166 Å². The summed E-state index contributed by atoms with van der Waals surface area (Å²) in [5, 5.41) is 0. The van der Waals surface area contributed by atoms with Gasteiger partial charge in [-0.25, -0.2) is 17.5 Å². The van der Waals surface area contributed by atoms with Gasteiger partial charge < -0.3 is 9.64 Å². The highest BCUT2D eigenvalue weighted by Crippen LogP contribution is 2.18. The molecule has 2 aromatic rings. The summed E-state index contributed by atoms with van der Waals surface area (Å²) in [7, 11) is -0.721. The second-order valence-electron chi connectivity index (χ2n) is 5.82. The van der Waals surface area contributed by atoms with Crippen molar-refractivity contribution in [1.82, 2.24) is 9.62 Å². The number of nitrogens with one attached hydrogen (secondary N) is 1. The Balaban J connectivity index is 1.87. The van der Waals surface area contributed by atoms with Crippen LogP contribution in [0.25, 0.3) is 0 Å². The predicted molar refractivity (Wildman–Crippen MR) is 103 cm³/mol. The first-order chi connectivity index (χ1) is 12.7. The first kappa shape index (κ1) is 21.3. The number of amides is 1. The van der Waals surface area contributed by atoms with Gasteiger partial charge in [0.2, 0.25) is 15.9 Å². The SMILES string of the molecule is COc1ccc(CN(C)C(=O)CCNS(=O)(=O)c2ccc(Br)cc2)cc1F. The quantitative estimate of drug-likeness (QED) is 0.659. The van der Waals surface area contributed by atoms with Gasteiger partial charge in [-0.15, -0.1) is 0 Å². The lowest BCUT2D eigenvalue weighted by molar-refractivity contribution is -0.130. The third-order valence-corrected chi connectivity index (χ3v) is 5.82. The van der Waals surface area contributed by atoms with Crippen LogP contribution in [0, 0.1) is 5.82 Å². The van der Waals surface area contributed by atoms with Gasteiger partial charge in [-0.1, -0.05) is 22.0 Å². The molecular formula is C18H20BrFN2O4S. The summed E-state index contributed by atoms with van der Waals surface area (Å²) in [5.74, 6) is -0.627. The van der Waals surface area contributed by atoms with Crippen molar-refractivity contribution in [2.75, 3.05) is 20.7 Å². The molecule has 0 spiro atoms. The molecular weight excluding hydrogens is 439 g/mol.